The van der Waals surface area contributed by atoms with Crippen molar-refractivity contribution < 1.29 is 19.5 Å². The summed E-state index contributed by atoms with van der Waals surface area (Å²) in [7, 11) is 0. The lowest BCUT2D eigenvalue weighted by molar-refractivity contribution is -0.153. The smallest absolute Gasteiger partial charge is 0.221 e. The monoisotopic (exact) mass is 604 g/mol. The van der Waals surface area contributed by atoms with Crippen LogP contribution in [0, 0.1) is 46.3 Å². The van der Waals surface area contributed by atoms with E-state index in [2.05, 4.69) is 36.7 Å². The third-order valence-corrected chi connectivity index (χ3v) is 12.6. The highest BCUT2D eigenvalue weighted by Gasteiger charge is 2.66. The third-order valence-electron chi connectivity index (χ3n) is 12.6. The Balaban J connectivity index is 1.71. The lowest BCUT2D eigenvalue weighted by Crippen LogP contribution is -2.67. The lowest BCUT2D eigenvalue weighted by Gasteiger charge is -2.65. The quantitative estimate of drug-likeness (QED) is 0.167. The van der Waals surface area contributed by atoms with E-state index in [0.717, 1.165) is 57.8 Å². The number of hydrogen-bond acceptors (Lipinski definition) is 7. The van der Waals surface area contributed by atoms with Gasteiger partial charge in [-0.3, -0.25) is 14.4 Å². The minimum atomic E-state index is -0.117. The maximum atomic E-state index is 13.2. The number of aliphatic hydroxyl groups excluding tert-OH is 1. The molecule has 246 valence electrons. The fourth-order valence-electron chi connectivity index (χ4n) is 10.6. The largest absolute Gasteiger partial charge is 0.396 e. The van der Waals surface area contributed by atoms with E-state index in [1.807, 2.05) is 0 Å². The first-order chi connectivity index (χ1) is 20.5. The molecular formula is C33H60N6O4. The van der Waals surface area contributed by atoms with Crippen molar-refractivity contribution in [1.82, 2.24) is 16.0 Å². The zero-order valence-electron chi connectivity index (χ0n) is 26.9. The fourth-order valence-corrected chi connectivity index (χ4v) is 10.6. The molecule has 4 fully saturated rings. The molecule has 4 aliphatic carbocycles. The van der Waals surface area contributed by atoms with Crippen molar-refractivity contribution in [2.45, 2.75) is 116 Å². The number of fused-ring (bicyclic) bond motifs is 5. The number of aliphatic hydroxyl groups is 1. The van der Waals surface area contributed by atoms with E-state index in [1.54, 1.807) is 0 Å². The summed E-state index contributed by atoms with van der Waals surface area (Å²) in [6.07, 6.45) is 9.53. The zero-order chi connectivity index (χ0) is 31.4. The Labute approximate surface area is 258 Å². The van der Waals surface area contributed by atoms with Gasteiger partial charge in [0.1, 0.15) is 0 Å². The van der Waals surface area contributed by atoms with Crippen molar-refractivity contribution in [3.8, 4) is 0 Å². The molecular weight excluding hydrogens is 544 g/mol. The minimum absolute atomic E-state index is 0.0148. The summed E-state index contributed by atoms with van der Waals surface area (Å²) >= 11 is 0. The molecule has 0 aromatic rings. The molecule has 4 aliphatic rings. The highest BCUT2D eigenvalue weighted by atomic mass is 16.3. The van der Waals surface area contributed by atoms with Crippen LogP contribution in [0.2, 0.25) is 0 Å². The Kier molecular flexibility index (Phi) is 11.6. The van der Waals surface area contributed by atoms with Crippen molar-refractivity contribution in [2.24, 2.45) is 63.5 Å². The van der Waals surface area contributed by atoms with Gasteiger partial charge in [0.05, 0.1) is 0 Å². The highest BCUT2D eigenvalue weighted by molar-refractivity contribution is 5.77. The summed E-state index contributed by atoms with van der Waals surface area (Å²) in [5.74, 6) is 2.27. The van der Waals surface area contributed by atoms with Crippen molar-refractivity contribution in [2.75, 3.05) is 26.2 Å². The molecule has 0 saturated heterocycles. The molecule has 10 N–H and O–H groups in total. The van der Waals surface area contributed by atoms with Crippen LogP contribution >= 0.6 is 0 Å². The van der Waals surface area contributed by atoms with Gasteiger partial charge in [-0.15, -0.1) is 0 Å². The molecule has 10 heteroatoms. The number of hydrogen-bond donors (Lipinski definition) is 7. The molecule has 0 aromatic heterocycles. The molecule has 0 aromatic carbocycles. The molecule has 0 aliphatic heterocycles. The summed E-state index contributed by atoms with van der Waals surface area (Å²) in [5.41, 5.74) is 17.2. The highest BCUT2D eigenvalue weighted by Crippen LogP contribution is 2.68. The number of rotatable bonds is 13. The number of amides is 3. The molecule has 0 spiro atoms. The molecule has 4 rings (SSSR count). The molecule has 3 amide bonds. The average Bonchev–Trinajstić information content (AvgIpc) is 3.31. The van der Waals surface area contributed by atoms with Gasteiger partial charge < -0.3 is 38.3 Å². The lowest BCUT2D eigenvalue weighted by atomic mass is 9.42. The van der Waals surface area contributed by atoms with Gasteiger partial charge in [-0.2, -0.15) is 0 Å². The predicted molar refractivity (Wildman–Crippen MR) is 168 cm³/mol. The predicted octanol–water partition coefficient (Wildman–Crippen LogP) is 1.77. The van der Waals surface area contributed by atoms with Crippen LogP contribution in [0.3, 0.4) is 0 Å². The van der Waals surface area contributed by atoms with E-state index in [4.69, 9.17) is 17.2 Å². The van der Waals surface area contributed by atoms with Gasteiger partial charge in [0.25, 0.3) is 0 Å². The van der Waals surface area contributed by atoms with Gasteiger partial charge in [0.2, 0.25) is 17.7 Å². The SMILES string of the molecule is C[C@H](CCCO)C1CC[C@H]2C3[C@H](NC(=O)CCN)CC4C[C@H](NC(=O)CCN)CCC4(C)[C@H]3C[C@H](NC(=O)CCN)C12C. The Hall–Kier alpha value is -1.75. The van der Waals surface area contributed by atoms with Crippen LogP contribution in [0.15, 0.2) is 0 Å². The topological polar surface area (TPSA) is 186 Å². The van der Waals surface area contributed by atoms with Crippen molar-refractivity contribution in [3.63, 3.8) is 0 Å². The third kappa shape index (κ3) is 6.92. The first-order valence-corrected chi connectivity index (χ1v) is 17.1. The number of nitrogens with one attached hydrogen (secondary N) is 3. The summed E-state index contributed by atoms with van der Waals surface area (Å²) < 4.78 is 0. The van der Waals surface area contributed by atoms with Crippen molar-refractivity contribution >= 4 is 17.7 Å². The molecule has 4 saturated carbocycles. The maximum Gasteiger partial charge on any atom is 0.221 e. The molecule has 10 nitrogen and oxygen atoms in total. The van der Waals surface area contributed by atoms with Crippen molar-refractivity contribution in [1.29, 1.82) is 0 Å². The second-order valence-electron chi connectivity index (χ2n) is 14.8. The Morgan fingerprint density at radius 2 is 1.47 bits per heavy atom. The van der Waals surface area contributed by atoms with Crippen molar-refractivity contribution in [3.05, 3.63) is 0 Å². The van der Waals surface area contributed by atoms with Gasteiger partial charge in [-0.1, -0.05) is 20.8 Å². The van der Waals surface area contributed by atoms with Gasteiger partial charge in [0, 0.05) is 63.6 Å². The summed E-state index contributed by atoms with van der Waals surface area (Å²) in [5, 5.41) is 19.8. The van der Waals surface area contributed by atoms with Crippen LogP contribution < -0.4 is 33.2 Å². The summed E-state index contributed by atoms with van der Waals surface area (Å²) in [6, 6.07) is 0.183. The Bertz CT molecular complexity index is 981. The van der Waals surface area contributed by atoms with E-state index in [9.17, 15) is 19.5 Å². The average molecular weight is 605 g/mol. The number of nitrogens with two attached hydrogens (primary N) is 3. The first-order valence-electron chi connectivity index (χ1n) is 17.1. The normalized spacial score (nSPS) is 39.1. The molecule has 5 unspecified atom stereocenters. The van der Waals surface area contributed by atoms with Crippen LogP contribution in [0.1, 0.15) is 97.8 Å². The van der Waals surface area contributed by atoms with Crippen LogP contribution in [-0.2, 0) is 14.4 Å². The van der Waals surface area contributed by atoms with E-state index >= 15 is 0 Å². The van der Waals surface area contributed by atoms with E-state index in [0.29, 0.717) is 74.4 Å². The standard InChI is InChI=1S/C33H60N6O4/c1-20(5-4-16-40)23-6-7-24-31-25(19-27(33(23,24)3)39-30(43)11-15-36)32(2)12-8-22(37-28(41)9-13-34)17-21(32)18-26(31)38-29(42)10-14-35/h20-27,31,40H,4-19,34-36H2,1-3H3,(H,37,41)(H,38,42)(H,39,43)/t20-,21?,22-,23?,24+,25+,26-,27+,31?,32?,33?/m1/s1. The van der Waals surface area contributed by atoms with Gasteiger partial charge in [0.15, 0.2) is 0 Å². The minimum Gasteiger partial charge on any atom is -0.396 e. The molecule has 43 heavy (non-hydrogen) atoms. The van der Waals surface area contributed by atoms with Gasteiger partial charge >= 0.3 is 0 Å². The Morgan fingerprint density at radius 3 is 2.09 bits per heavy atom. The second-order valence-corrected chi connectivity index (χ2v) is 14.8. The second kappa shape index (κ2) is 14.6. The van der Waals surface area contributed by atoms with E-state index in [1.165, 1.54) is 0 Å². The summed E-state index contributed by atoms with van der Waals surface area (Å²) in [6.45, 7) is 8.36. The number of carbonyl (C=O) groups is 3. The Morgan fingerprint density at radius 1 is 0.837 bits per heavy atom. The van der Waals surface area contributed by atoms with Gasteiger partial charge in [-0.05, 0) is 104 Å². The van der Waals surface area contributed by atoms with E-state index in [-0.39, 0.29) is 53.3 Å². The fraction of sp³-hybridized carbons (Fsp3) is 0.909. The maximum absolute atomic E-state index is 13.2. The van der Waals surface area contributed by atoms with Crippen LogP contribution in [-0.4, -0.2) is 67.2 Å². The molecule has 0 radical (unpaired) electrons. The molecule has 0 bridgehead atoms. The first kappa shape index (κ1) is 34.1. The van der Waals surface area contributed by atoms with Crippen LogP contribution in [0.5, 0.6) is 0 Å². The number of carbonyl (C=O) groups excluding carboxylic acids is 3. The van der Waals surface area contributed by atoms with Crippen LogP contribution in [0.4, 0.5) is 0 Å². The molecule has 11 atom stereocenters. The van der Waals surface area contributed by atoms with Gasteiger partial charge in [-0.25, -0.2) is 0 Å². The van der Waals surface area contributed by atoms with Crippen LogP contribution in [0.25, 0.3) is 0 Å². The zero-order valence-corrected chi connectivity index (χ0v) is 26.9. The summed E-state index contributed by atoms with van der Waals surface area (Å²) in [4.78, 5) is 38.7. The molecule has 0 heterocycles. The van der Waals surface area contributed by atoms with E-state index < -0.39 is 0 Å².